The Labute approximate surface area is 513 Å². The molecular formula is C51H61ClLiN6NaO19S3. The number of hydrogen-bond donors (Lipinski definition) is 4. The van der Waals surface area contributed by atoms with E-state index in [0.29, 0.717) is 74.5 Å². The summed E-state index contributed by atoms with van der Waals surface area (Å²) in [6.07, 6.45) is 16.7. The van der Waals surface area contributed by atoms with E-state index in [4.69, 9.17) is 49.6 Å². The fourth-order valence-corrected chi connectivity index (χ4v) is 12.0. The molecule has 82 heavy (non-hydrogen) atoms. The third-order valence-corrected chi connectivity index (χ3v) is 17.4. The zero-order chi connectivity index (χ0) is 57.6. The minimum Gasteiger partial charge on any atom is -0.870 e. The molecule has 0 radical (unpaired) electrons. The second kappa shape index (κ2) is 35.8. The monoisotopic (exact) mass is 1220 g/mol. The quantitative estimate of drug-likeness (QED) is 0.0275. The molecule has 3 aliphatic carbocycles. The van der Waals surface area contributed by atoms with E-state index >= 15 is 0 Å². The predicted molar refractivity (Wildman–Crippen MR) is 282 cm³/mol. The van der Waals surface area contributed by atoms with Gasteiger partial charge < -0.3 is 49.2 Å². The van der Waals surface area contributed by atoms with Crippen molar-refractivity contribution < 1.29 is 136 Å². The number of aromatic nitrogens is 3. The Morgan fingerprint density at radius 2 is 0.878 bits per heavy atom. The molecule has 0 bridgehead atoms. The number of hydrogen-bond acceptors (Lipinski definition) is 22. The molecule has 0 aliphatic heterocycles. The topological polar surface area (TPSA) is 400 Å². The molecule has 0 unspecified atom stereocenters. The summed E-state index contributed by atoms with van der Waals surface area (Å²) in [7, 11) is -2.89. The molecule has 25 nitrogen and oxygen atoms in total. The van der Waals surface area contributed by atoms with Gasteiger partial charge >= 0.3 is 66.3 Å². The van der Waals surface area contributed by atoms with Gasteiger partial charge in [0.05, 0.1) is 46.7 Å². The van der Waals surface area contributed by atoms with Crippen LogP contribution in [0.5, 0.6) is 0 Å². The molecular weight excluding hydrogens is 1160 g/mol. The molecule has 0 amide bonds. The van der Waals surface area contributed by atoms with Crippen molar-refractivity contribution in [2.75, 3.05) is 14.2 Å². The molecule has 6 aromatic rings. The van der Waals surface area contributed by atoms with Gasteiger partial charge in [-0.2, -0.15) is 0 Å². The van der Waals surface area contributed by atoms with Crippen LogP contribution in [0, 0.1) is 17.8 Å². The zero-order valence-corrected chi connectivity index (χ0v) is 50.5. The number of methoxy groups -OCH3 is 2. The van der Waals surface area contributed by atoms with E-state index in [1.165, 1.54) is 76.5 Å². The maximum atomic E-state index is 12.5. The van der Waals surface area contributed by atoms with Gasteiger partial charge in [-0.1, -0.05) is 36.4 Å². The number of aliphatic carboxylic acids is 1. The third kappa shape index (κ3) is 23.0. The summed E-state index contributed by atoms with van der Waals surface area (Å²) in [5, 5.41) is 17.4. The summed E-state index contributed by atoms with van der Waals surface area (Å²) in [4.78, 5) is 57.2. The molecule has 3 saturated carbocycles. The van der Waals surface area contributed by atoms with Crippen LogP contribution in [0.3, 0.4) is 0 Å². The number of oxazole rings is 3. The number of nitrogens with zero attached hydrogens (tertiary/aromatic N) is 3. The van der Waals surface area contributed by atoms with Crippen molar-refractivity contribution in [3.8, 4) is 33.8 Å². The molecule has 436 valence electrons. The first kappa shape index (κ1) is 72.8. The molecule has 6 N–H and O–H groups in total. The number of nitrogens with one attached hydrogen (secondary N) is 2. The average Bonchev–Trinajstić information content (AvgIpc) is 4.40. The molecule has 0 atom stereocenters. The summed E-state index contributed by atoms with van der Waals surface area (Å²) in [5.41, 5.74) is 9.94. The van der Waals surface area contributed by atoms with Crippen LogP contribution in [0.2, 0.25) is 0 Å². The van der Waals surface area contributed by atoms with Crippen molar-refractivity contribution in [2.45, 2.75) is 110 Å². The summed E-state index contributed by atoms with van der Waals surface area (Å²) in [6.45, 7) is -0.181. The van der Waals surface area contributed by atoms with E-state index in [2.05, 4.69) is 34.0 Å². The summed E-state index contributed by atoms with van der Waals surface area (Å²) in [6, 6.07) is 18.9. The largest absolute Gasteiger partial charge is 1.00 e. The number of carbonyl (C=O) groups is 4. The molecule has 9 rings (SSSR count). The van der Waals surface area contributed by atoms with Gasteiger partial charge in [-0.25, -0.2) is 49.6 Å². The van der Waals surface area contributed by atoms with Crippen molar-refractivity contribution in [2.24, 2.45) is 23.5 Å². The second-order valence-corrected chi connectivity index (χ2v) is 24.2. The van der Waals surface area contributed by atoms with Crippen molar-refractivity contribution in [3.63, 3.8) is 0 Å². The van der Waals surface area contributed by atoms with Gasteiger partial charge in [0.1, 0.15) is 35.9 Å². The average molecular weight is 1220 g/mol. The Morgan fingerprint density at radius 1 is 0.585 bits per heavy atom. The Morgan fingerprint density at radius 3 is 1.13 bits per heavy atom. The van der Waals surface area contributed by atoms with Gasteiger partial charge in [-0.05, 0) is 113 Å². The number of nitrogens with two attached hydrogens (primary N) is 1. The number of ether oxygens (including phenoxy) is 2. The fraction of sp³-hybridized carbons (Fsp3) is 0.392. The smallest absolute Gasteiger partial charge is 0.870 e. The Balaban J connectivity index is 0.000000375. The molecule has 3 aromatic carbocycles. The van der Waals surface area contributed by atoms with Crippen LogP contribution in [-0.2, 0) is 62.6 Å². The maximum Gasteiger partial charge on any atom is 1.00 e. The number of benzene rings is 3. The van der Waals surface area contributed by atoms with E-state index in [0.717, 1.165) is 42.4 Å². The number of sulfonamides is 2. The first-order chi connectivity index (χ1) is 37.7. The van der Waals surface area contributed by atoms with E-state index in [1.807, 2.05) is 0 Å². The maximum absolute atomic E-state index is 12.5. The zero-order valence-electron chi connectivity index (χ0n) is 45.3. The third-order valence-electron chi connectivity index (χ3n) is 13.0. The molecule has 3 heterocycles. The summed E-state index contributed by atoms with van der Waals surface area (Å²) >= 11 is 0. The van der Waals surface area contributed by atoms with E-state index in [9.17, 15) is 39.6 Å². The van der Waals surface area contributed by atoms with E-state index < -0.39 is 35.1 Å². The van der Waals surface area contributed by atoms with E-state index in [-0.39, 0.29) is 117 Å². The predicted octanol–water partition coefficient (Wildman–Crippen LogP) is -0.173. The Bertz CT molecular complexity index is 3160. The number of esters is 2. The van der Waals surface area contributed by atoms with Crippen LogP contribution in [0.25, 0.3) is 33.8 Å². The molecule has 3 fully saturated rings. The molecule has 0 saturated heterocycles. The minimum atomic E-state index is -3.66. The van der Waals surface area contributed by atoms with Crippen molar-refractivity contribution in [1.29, 1.82) is 0 Å². The number of carboxylic acid groups (broad SMARTS) is 1. The van der Waals surface area contributed by atoms with Gasteiger partial charge in [-0.15, -0.1) is 0 Å². The normalized spacial score (nSPS) is 19.3. The number of halogens is 1. The van der Waals surface area contributed by atoms with Crippen LogP contribution in [-0.4, -0.2) is 108 Å². The number of rotatable bonds is 14. The van der Waals surface area contributed by atoms with Gasteiger partial charge in [0.25, 0.3) is 15.5 Å². The number of carbonyl (C=O) groups excluding carboxylic acids is 3. The van der Waals surface area contributed by atoms with Crippen LogP contribution in [0.4, 0.5) is 0 Å². The van der Waals surface area contributed by atoms with E-state index in [1.54, 1.807) is 48.5 Å². The first-order valence-electron chi connectivity index (χ1n) is 24.5. The fourth-order valence-electron chi connectivity index (χ4n) is 8.63. The van der Waals surface area contributed by atoms with Gasteiger partial charge in [-0.3, -0.25) is 19.2 Å². The molecule has 0 spiro atoms. The Kier molecular flexibility index (Phi) is 31.7. The van der Waals surface area contributed by atoms with Crippen LogP contribution >= 0.6 is 10.7 Å². The summed E-state index contributed by atoms with van der Waals surface area (Å²) < 4.78 is 101. The summed E-state index contributed by atoms with van der Waals surface area (Å²) in [5.74, 6) is -1.49. The standard InChI is InChI=1S/C17H20N2O5S.C16H18N2O5S.C9H6ClNO3S.C8H15NO2.CH2O3.Li.Na.H2O/c1-23-17(20)13-2-6-14(7-3-13)19-25(21,22)15-8-4-12(5-9-15)16-10-24-11-18-16;19-16(20)12-1-5-13(6-2-12)18-24(21,22)14-7-3-11(4-8-14)15-9-23-10-17-15;10-15(12,13)8-3-1-7(2-4-8)9-5-14-6-11-9;1-11-8(10)6-2-4-7(9)5-3-6;2-1-4-3;;;/h4-5,8-11,13-14,19H,2-3,6-7H2,1H3;3-4,7-10,12-13,18H,1-2,5-6H2,(H,19,20);1-6H;6-7H,2-5,9H2,1H3;1,3H;;;1H2/q;;;;;2*+1;/p-2. The first-order valence-corrected chi connectivity index (χ1v) is 29.8. The van der Waals surface area contributed by atoms with Crippen molar-refractivity contribution >= 4 is 64.2 Å². The van der Waals surface area contributed by atoms with Gasteiger partial charge in [0.15, 0.2) is 19.2 Å². The van der Waals surface area contributed by atoms with Gasteiger partial charge in [0, 0.05) is 45.5 Å². The second-order valence-electron chi connectivity index (χ2n) is 18.2. The minimum absolute atomic E-state index is 0. The molecule has 31 heteroatoms. The van der Waals surface area contributed by atoms with Crippen molar-refractivity contribution in [1.82, 2.24) is 24.4 Å². The Hall–Kier alpha value is -5.29. The molecule has 3 aromatic heterocycles. The van der Waals surface area contributed by atoms with Gasteiger partial charge in [0.2, 0.25) is 20.0 Å². The number of carboxylic acids is 1. The SMILES string of the molecule is COC(=O)C1CCC(N)CC1.COC(=O)C1CCC(NS(=O)(=O)c2ccc(-c3cocn3)cc2)CC1.O=C(O)C1CCC(NS(=O)(=O)c2ccc(-c3cocn3)cc2)CC1.O=CO[O-].O=S(=O)(Cl)c1ccc(-c2cocn2)cc1.[Li+].[Na+].[OH-]. The van der Waals surface area contributed by atoms with Crippen LogP contribution < -0.4 is 68.9 Å². The van der Waals surface area contributed by atoms with Crippen LogP contribution in [0.15, 0.2) is 139 Å². The van der Waals surface area contributed by atoms with Crippen LogP contribution in [0.1, 0.15) is 77.0 Å². The molecule has 3 aliphatic rings. The van der Waals surface area contributed by atoms with Crippen molar-refractivity contribution in [3.05, 3.63) is 111 Å².